The van der Waals surface area contributed by atoms with Crippen LogP contribution in [0.4, 0.5) is 11.6 Å². The number of benzene rings is 1. The molecule has 0 amide bonds. The van der Waals surface area contributed by atoms with E-state index < -0.39 is 10.0 Å². The van der Waals surface area contributed by atoms with E-state index >= 15 is 0 Å². The molecular formula is C14H16N4O2S. The van der Waals surface area contributed by atoms with Crippen molar-refractivity contribution in [1.29, 1.82) is 0 Å². The van der Waals surface area contributed by atoms with E-state index in [4.69, 9.17) is 0 Å². The fraction of sp³-hybridized carbons (Fsp3) is 0.286. The third-order valence-electron chi connectivity index (χ3n) is 3.55. The highest BCUT2D eigenvalue weighted by Crippen LogP contribution is 2.36. The first-order chi connectivity index (χ1) is 10.0. The summed E-state index contributed by atoms with van der Waals surface area (Å²) in [5.41, 5.74) is 1.78. The van der Waals surface area contributed by atoms with Gasteiger partial charge >= 0.3 is 0 Å². The molecule has 1 N–H and O–H groups in total. The monoisotopic (exact) mass is 304 g/mol. The summed E-state index contributed by atoms with van der Waals surface area (Å²) in [4.78, 5) is 8.08. The fourth-order valence-corrected chi connectivity index (χ4v) is 4.18. The van der Waals surface area contributed by atoms with E-state index in [1.54, 1.807) is 7.05 Å². The summed E-state index contributed by atoms with van der Waals surface area (Å²) in [5.74, 6) is 0.392. The average molecular weight is 304 g/mol. The van der Waals surface area contributed by atoms with Gasteiger partial charge < -0.3 is 5.32 Å². The van der Waals surface area contributed by atoms with Gasteiger partial charge in [0.1, 0.15) is 4.90 Å². The molecule has 6 nitrogen and oxygen atoms in total. The molecule has 2 heterocycles. The molecule has 0 spiro atoms. The first kappa shape index (κ1) is 13.8. The van der Waals surface area contributed by atoms with E-state index in [0.29, 0.717) is 12.4 Å². The Morgan fingerprint density at radius 1 is 1.24 bits per heavy atom. The standard InChI is InChI=1S/C14H16N4O2S/c1-10-7-11-5-3-4-6-13(11)18(10)21(19,20)12-8-16-14(15-2)17-9-12/h3-6,8-10H,7H2,1-2H3,(H,15,16,17). The Labute approximate surface area is 123 Å². The van der Waals surface area contributed by atoms with Crippen molar-refractivity contribution >= 4 is 21.7 Å². The first-order valence-corrected chi connectivity index (χ1v) is 8.10. The Hall–Kier alpha value is -2.15. The molecule has 7 heteroatoms. The molecule has 1 aliphatic heterocycles. The molecular weight excluding hydrogens is 288 g/mol. The zero-order valence-corrected chi connectivity index (χ0v) is 12.6. The Kier molecular flexibility index (Phi) is 3.29. The highest BCUT2D eigenvalue weighted by atomic mass is 32.2. The summed E-state index contributed by atoms with van der Waals surface area (Å²) < 4.78 is 27.1. The van der Waals surface area contributed by atoms with Crippen molar-refractivity contribution < 1.29 is 8.42 Å². The van der Waals surface area contributed by atoms with Crippen LogP contribution < -0.4 is 9.62 Å². The molecule has 2 aromatic rings. The van der Waals surface area contributed by atoms with E-state index in [-0.39, 0.29) is 10.9 Å². The quantitative estimate of drug-likeness (QED) is 0.933. The van der Waals surface area contributed by atoms with Gasteiger partial charge in [0.2, 0.25) is 5.95 Å². The number of anilines is 2. The van der Waals surface area contributed by atoms with Gasteiger partial charge in [-0.1, -0.05) is 18.2 Å². The maximum absolute atomic E-state index is 12.8. The van der Waals surface area contributed by atoms with Crippen molar-refractivity contribution in [2.24, 2.45) is 0 Å². The van der Waals surface area contributed by atoms with E-state index in [9.17, 15) is 8.42 Å². The number of aromatic nitrogens is 2. The Balaban J connectivity index is 2.05. The molecule has 0 saturated heterocycles. The highest BCUT2D eigenvalue weighted by Gasteiger charge is 2.36. The summed E-state index contributed by atoms with van der Waals surface area (Å²) in [7, 11) is -1.96. The molecule has 0 radical (unpaired) electrons. The number of nitrogens with zero attached hydrogens (tertiary/aromatic N) is 3. The molecule has 3 rings (SSSR count). The SMILES string of the molecule is CNc1ncc(S(=O)(=O)N2c3ccccc3CC2C)cn1. The molecule has 0 saturated carbocycles. The minimum absolute atomic E-state index is 0.102. The lowest BCUT2D eigenvalue weighted by molar-refractivity contribution is 0.583. The van der Waals surface area contributed by atoms with Crippen molar-refractivity contribution in [3.63, 3.8) is 0 Å². The van der Waals surface area contributed by atoms with Crippen LogP contribution in [0.3, 0.4) is 0 Å². The Bertz CT molecular complexity index is 759. The largest absolute Gasteiger partial charge is 0.357 e. The van der Waals surface area contributed by atoms with E-state index in [1.165, 1.54) is 16.7 Å². The van der Waals surface area contributed by atoms with Gasteiger partial charge in [-0.15, -0.1) is 0 Å². The summed E-state index contributed by atoms with van der Waals surface area (Å²) in [5, 5.41) is 2.77. The van der Waals surface area contributed by atoms with Gasteiger partial charge in [0.15, 0.2) is 0 Å². The third-order valence-corrected chi connectivity index (χ3v) is 5.43. The van der Waals surface area contributed by atoms with Crippen molar-refractivity contribution in [3.05, 3.63) is 42.2 Å². The van der Waals surface area contributed by atoms with Crippen LogP contribution in [0.25, 0.3) is 0 Å². The molecule has 1 unspecified atom stereocenters. The van der Waals surface area contributed by atoms with E-state index in [1.807, 2.05) is 31.2 Å². The first-order valence-electron chi connectivity index (χ1n) is 6.66. The number of hydrogen-bond donors (Lipinski definition) is 1. The maximum Gasteiger partial charge on any atom is 0.267 e. The van der Waals surface area contributed by atoms with Crippen molar-refractivity contribution in [3.8, 4) is 0 Å². The zero-order chi connectivity index (χ0) is 15.0. The van der Waals surface area contributed by atoms with Crippen LogP contribution in [0.5, 0.6) is 0 Å². The van der Waals surface area contributed by atoms with Crippen molar-refractivity contribution in [2.75, 3.05) is 16.7 Å². The normalized spacial score (nSPS) is 17.6. The number of sulfonamides is 1. The molecule has 1 atom stereocenters. The maximum atomic E-state index is 12.8. The molecule has 1 aromatic heterocycles. The molecule has 0 fully saturated rings. The number of nitrogens with one attached hydrogen (secondary N) is 1. The van der Waals surface area contributed by atoms with Crippen LogP contribution in [0.15, 0.2) is 41.6 Å². The summed E-state index contributed by atoms with van der Waals surface area (Å²) in [6, 6.07) is 7.45. The number of rotatable bonds is 3. The predicted octanol–water partition coefficient (Wildman–Crippen LogP) is 1.66. The molecule has 0 aliphatic carbocycles. The van der Waals surface area contributed by atoms with Gasteiger partial charge in [-0.05, 0) is 25.0 Å². The lowest BCUT2D eigenvalue weighted by atomic mass is 10.1. The molecule has 21 heavy (non-hydrogen) atoms. The number of para-hydroxylation sites is 1. The molecule has 1 aliphatic rings. The van der Waals surface area contributed by atoms with Crippen LogP contribution in [-0.4, -0.2) is 31.5 Å². The second-order valence-corrected chi connectivity index (χ2v) is 6.79. The van der Waals surface area contributed by atoms with Gasteiger partial charge in [0, 0.05) is 13.1 Å². The minimum atomic E-state index is -3.65. The van der Waals surface area contributed by atoms with Crippen LogP contribution in [0.2, 0.25) is 0 Å². The van der Waals surface area contributed by atoms with Crippen LogP contribution in [0.1, 0.15) is 12.5 Å². The summed E-state index contributed by atoms with van der Waals surface area (Å²) in [6.45, 7) is 1.90. The average Bonchev–Trinajstić information content (AvgIpc) is 2.83. The van der Waals surface area contributed by atoms with Gasteiger partial charge in [-0.2, -0.15) is 0 Å². The van der Waals surface area contributed by atoms with Crippen LogP contribution in [-0.2, 0) is 16.4 Å². The minimum Gasteiger partial charge on any atom is -0.357 e. The second-order valence-electron chi connectivity index (χ2n) is 4.98. The smallest absolute Gasteiger partial charge is 0.267 e. The number of hydrogen-bond acceptors (Lipinski definition) is 5. The van der Waals surface area contributed by atoms with Gasteiger partial charge in [-0.3, -0.25) is 4.31 Å². The topological polar surface area (TPSA) is 75.2 Å². The van der Waals surface area contributed by atoms with E-state index in [0.717, 1.165) is 11.3 Å². The zero-order valence-electron chi connectivity index (χ0n) is 11.8. The second kappa shape index (κ2) is 5.00. The van der Waals surface area contributed by atoms with Gasteiger partial charge in [-0.25, -0.2) is 18.4 Å². The lowest BCUT2D eigenvalue weighted by Gasteiger charge is -2.24. The summed E-state index contributed by atoms with van der Waals surface area (Å²) >= 11 is 0. The Morgan fingerprint density at radius 3 is 2.57 bits per heavy atom. The fourth-order valence-electron chi connectivity index (χ4n) is 2.60. The van der Waals surface area contributed by atoms with Crippen molar-refractivity contribution in [2.45, 2.75) is 24.3 Å². The van der Waals surface area contributed by atoms with Crippen molar-refractivity contribution in [1.82, 2.24) is 9.97 Å². The van der Waals surface area contributed by atoms with E-state index in [2.05, 4.69) is 15.3 Å². The van der Waals surface area contributed by atoms with Gasteiger partial charge in [0.25, 0.3) is 10.0 Å². The molecule has 1 aromatic carbocycles. The Morgan fingerprint density at radius 2 is 1.90 bits per heavy atom. The third kappa shape index (κ3) is 2.23. The van der Waals surface area contributed by atoms with Crippen LogP contribution in [0, 0.1) is 0 Å². The number of fused-ring (bicyclic) bond motifs is 1. The summed E-state index contributed by atoms with van der Waals surface area (Å²) in [6.07, 6.45) is 3.38. The van der Waals surface area contributed by atoms with Gasteiger partial charge in [0.05, 0.1) is 18.1 Å². The molecule has 110 valence electrons. The lowest BCUT2D eigenvalue weighted by Crippen LogP contribution is -2.35. The molecule has 0 bridgehead atoms. The predicted molar refractivity (Wildman–Crippen MR) is 80.9 cm³/mol. The highest BCUT2D eigenvalue weighted by molar-refractivity contribution is 7.92. The van der Waals surface area contributed by atoms with Crippen LogP contribution >= 0.6 is 0 Å².